The molecule has 0 aliphatic carbocycles. The fourth-order valence-electron chi connectivity index (χ4n) is 4.48. The first kappa shape index (κ1) is 28.1. The third kappa shape index (κ3) is 6.37. The van der Waals surface area contributed by atoms with E-state index in [0.29, 0.717) is 31.6 Å². The van der Waals surface area contributed by atoms with Crippen molar-refractivity contribution in [3.63, 3.8) is 0 Å². The van der Waals surface area contributed by atoms with Gasteiger partial charge in [0.25, 0.3) is 5.91 Å². The van der Waals surface area contributed by atoms with Crippen molar-refractivity contribution in [2.75, 3.05) is 30.8 Å². The van der Waals surface area contributed by atoms with E-state index in [1.165, 1.54) is 12.1 Å². The molecule has 2 aromatic rings. The molecule has 2 heterocycles. The monoisotopic (exact) mass is 549 g/mol. The number of nitrogens with one attached hydrogen (secondary N) is 2. The first-order valence-corrected chi connectivity index (χ1v) is 13.2. The Morgan fingerprint density at radius 1 is 1.26 bits per heavy atom. The van der Waals surface area contributed by atoms with Crippen LogP contribution in [0.1, 0.15) is 35.1 Å². The summed E-state index contributed by atoms with van der Waals surface area (Å²) in [7, 11) is 0. The molecule has 2 aliphatic rings. The first-order valence-electron chi connectivity index (χ1n) is 12.2. The zero-order chi connectivity index (χ0) is 27.5. The van der Waals surface area contributed by atoms with Crippen LogP contribution in [0.5, 0.6) is 0 Å². The molecule has 1 spiro atoms. The number of piperidine rings is 1. The van der Waals surface area contributed by atoms with Crippen molar-refractivity contribution in [2.24, 2.45) is 10.7 Å². The summed E-state index contributed by atoms with van der Waals surface area (Å²) >= 11 is 1.68. The van der Waals surface area contributed by atoms with Gasteiger partial charge in [-0.25, -0.2) is 0 Å². The van der Waals surface area contributed by atoms with Gasteiger partial charge in [0.2, 0.25) is 5.91 Å². The molecule has 0 saturated carbocycles. The Morgan fingerprint density at radius 3 is 2.66 bits per heavy atom. The standard InChI is InChI=1S/C26H30F3N5O3S/c1-16-13-20(31-23(36)21(30)15-35)6-5-17(16)7-12-38-34-10-8-25(9-11-34)24(37)32-22(33-25)18-3-2-4-19(14-18)26(27,28)29/h2-6,13-14,21,35H,7-12,15,30H2,1H3,(H,31,36)(H,32,33,37)/t21-/m0/s1. The highest BCUT2D eigenvalue weighted by Gasteiger charge is 2.46. The third-order valence-electron chi connectivity index (χ3n) is 6.78. The lowest BCUT2D eigenvalue weighted by Crippen LogP contribution is -2.47. The maximum absolute atomic E-state index is 13.1. The zero-order valence-electron chi connectivity index (χ0n) is 20.8. The summed E-state index contributed by atoms with van der Waals surface area (Å²) in [6, 6.07) is 9.49. The van der Waals surface area contributed by atoms with E-state index >= 15 is 0 Å². The molecule has 4 rings (SSSR count). The average molecular weight is 550 g/mol. The highest BCUT2D eigenvalue weighted by molar-refractivity contribution is 7.97. The molecule has 1 saturated heterocycles. The number of amidine groups is 1. The summed E-state index contributed by atoms with van der Waals surface area (Å²) in [6.07, 6.45) is -2.69. The van der Waals surface area contributed by atoms with Gasteiger partial charge in [0.15, 0.2) is 0 Å². The molecule has 0 radical (unpaired) electrons. The number of halogens is 3. The smallest absolute Gasteiger partial charge is 0.394 e. The van der Waals surface area contributed by atoms with Crippen LogP contribution >= 0.6 is 11.9 Å². The Kier molecular flexibility index (Phi) is 8.46. The van der Waals surface area contributed by atoms with Crippen molar-refractivity contribution in [1.29, 1.82) is 0 Å². The number of rotatable bonds is 8. The summed E-state index contributed by atoms with van der Waals surface area (Å²) in [6.45, 7) is 2.80. The number of nitrogens with zero attached hydrogens (tertiary/aromatic N) is 2. The van der Waals surface area contributed by atoms with Crippen LogP contribution in [0.2, 0.25) is 0 Å². The van der Waals surface area contributed by atoms with Crippen molar-refractivity contribution < 1.29 is 27.9 Å². The zero-order valence-corrected chi connectivity index (χ0v) is 21.7. The number of nitrogens with two attached hydrogens (primary N) is 1. The van der Waals surface area contributed by atoms with Gasteiger partial charge >= 0.3 is 6.18 Å². The number of aliphatic hydroxyl groups is 1. The Morgan fingerprint density at radius 2 is 2.00 bits per heavy atom. The molecule has 0 aromatic heterocycles. The number of benzene rings is 2. The number of anilines is 1. The number of aliphatic imine (C=N–C) groups is 1. The van der Waals surface area contributed by atoms with E-state index in [9.17, 15) is 22.8 Å². The van der Waals surface area contributed by atoms with Gasteiger partial charge in [-0.15, -0.1) is 0 Å². The molecule has 2 aromatic carbocycles. The van der Waals surface area contributed by atoms with E-state index in [-0.39, 0.29) is 17.3 Å². The molecular weight excluding hydrogens is 519 g/mol. The van der Waals surface area contributed by atoms with E-state index in [4.69, 9.17) is 10.8 Å². The van der Waals surface area contributed by atoms with Crippen molar-refractivity contribution in [3.05, 3.63) is 64.7 Å². The fourth-order valence-corrected chi connectivity index (χ4v) is 5.49. The summed E-state index contributed by atoms with van der Waals surface area (Å²) in [4.78, 5) is 29.2. The Balaban J connectivity index is 1.29. The fraction of sp³-hybridized carbons (Fsp3) is 0.423. The van der Waals surface area contributed by atoms with E-state index in [1.54, 1.807) is 18.0 Å². The van der Waals surface area contributed by atoms with Crippen LogP contribution in [0, 0.1) is 6.92 Å². The van der Waals surface area contributed by atoms with E-state index < -0.39 is 35.8 Å². The molecule has 1 atom stereocenters. The van der Waals surface area contributed by atoms with Crippen LogP contribution in [-0.4, -0.2) is 64.1 Å². The highest BCUT2D eigenvalue weighted by atomic mass is 32.2. The second-order valence-corrected chi connectivity index (χ2v) is 10.6. The number of aryl methyl sites for hydroxylation is 2. The maximum atomic E-state index is 13.1. The molecule has 2 amide bonds. The van der Waals surface area contributed by atoms with Crippen molar-refractivity contribution in [2.45, 2.75) is 43.9 Å². The SMILES string of the molecule is Cc1cc(NC(=O)[C@@H](N)CO)ccc1CCSN1CCC2(CC1)N=C(c1cccc(C(F)(F)F)c1)NC2=O. The number of hydrogen-bond donors (Lipinski definition) is 4. The minimum absolute atomic E-state index is 0.190. The second kappa shape index (κ2) is 11.4. The lowest BCUT2D eigenvalue weighted by molar-refractivity contribution is -0.137. The lowest BCUT2D eigenvalue weighted by Gasteiger charge is -2.34. The van der Waals surface area contributed by atoms with Crippen LogP contribution in [-0.2, 0) is 22.2 Å². The van der Waals surface area contributed by atoms with Gasteiger partial charge in [-0.2, -0.15) is 13.2 Å². The highest BCUT2D eigenvalue weighted by Crippen LogP contribution is 2.35. The predicted octanol–water partition coefficient (Wildman–Crippen LogP) is 2.87. The maximum Gasteiger partial charge on any atom is 0.416 e. The summed E-state index contributed by atoms with van der Waals surface area (Å²) < 4.78 is 41.5. The minimum atomic E-state index is -4.47. The van der Waals surface area contributed by atoms with Gasteiger partial charge in [0, 0.05) is 30.1 Å². The van der Waals surface area contributed by atoms with Crippen molar-refractivity contribution >= 4 is 35.3 Å². The molecular formula is C26H30F3N5O3S. The number of amides is 2. The Hall–Kier alpha value is -2.93. The summed E-state index contributed by atoms with van der Waals surface area (Å²) in [5.41, 5.74) is 6.84. The topological polar surface area (TPSA) is 120 Å². The number of hydrogen-bond acceptors (Lipinski definition) is 7. The van der Waals surface area contributed by atoms with E-state index in [1.807, 2.05) is 19.1 Å². The van der Waals surface area contributed by atoms with Crippen LogP contribution in [0.3, 0.4) is 0 Å². The average Bonchev–Trinajstić information content (AvgIpc) is 3.21. The van der Waals surface area contributed by atoms with E-state index in [2.05, 4.69) is 19.9 Å². The first-order chi connectivity index (χ1) is 18.0. The molecule has 0 unspecified atom stereocenters. The van der Waals surface area contributed by atoms with Crippen molar-refractivity contribution in [1.82, 2.24) is 9.62 Å². The molecule has 38 heavy (non-hydrogen) atoms. The molecule has 204 valence electrons. The van der Waals surface area contributed by atoms with Crippen LogP contribution in [0.15, 0.2) is 47.5 Å². The molecule has 8 nitrogen and oxygen atoms in total. The number of aliphatic hydroxyl groups excluding tert-OH is 1. The number of carbonyl (C=O) groups is 2. The molecule has 5 N–H and O–H groups in total. The van der Waals surface area contributed by atoms with Crippen molar-refractivity contribution in [3.8, 4) is 0 Å². The number of alkyl halides is 3. The quantitative estimate of drug-likeness (QED) is 0.376. The van der Waals surface area contributed by atoms with Gasteiger partial charge in [-0.3, -0.25) is 18.9 Å². The van der Waals surface area contributed by atoms with Crippen LogP contribution < -0.4 is 16.4 Å². The Labute approximate surface area is 223 Å². The summed E-state index contributed by atoms with van der Waals surface area (Å²) in [5, 5.41) is 14.4. The molecule has 2 aliphatic heterocycles. The molecule has 0 bridgehead atoms. The third-order valence-corrected chi connectivity index (χ3v) is 7.90. The van der Waals surface area contributed by atoms with Gasteiger partial charge in [-0.05, 0) is 61.6 Å². The summed E-state index contributed by atoms with van der Waals surface area (Å²) in [5.74, 6) is 0.299. The predicted molar refractivity (Wildman–Crippen MR) is 141 cm³/mol. The largest absolute Gasteiger partial charge is 0.416 e. The second-order valence-electron chi connectivity index (χ2n) is 9.46. The van der Waals surface area contributed by atoms with Gasteiger partial charge in [-0.1, -0.05) is 30.1 Å². The van der Waals surface area contributed by atoms with Gasteiger partial charge < -0.3 is 21.5 Å². The van der Waals surface area contributed by atoms with E-state index in [0.717, 1.165) is 35.4 Å². The molecule has 12 heteroatoms. The normalized spacial score (nSPS) is 18.3. The molecule has 1 fully saturated rings. The minimum Gasteiger partial charge on any atom is -0.394 e. The van der Waals surface area contributed by atoms with Crippen LogP contribution in [0.25, 0.3) is 0 Å². The lowest BCUT2D eigenvalue weighted by atomic mass is 9.89. The Bertz CT molecular complexity index is 1230. The van der Waals surface area contributed by atoms with Gasteiger partial charge in [0.1, 0.15) is 17.4 Å². The number of carbonyl (C=O) groups excluding carboxylic acids is 2. The van der Waals surface area contributed by atoms with Crippen LogP contribution in [0.4, 0.5) is 18.9 Å². The van der Waals surface area contributed by atoms with Gasteiger partial charge in [0.05, 0.1) is 12.2 Å².